The number of hydrogen-bond acceptors (Lipinski definition) is 5. The van der Waals surface area contributed by atoms with E-state index in [1.165, 1.54) is 0 Å². The van der Waals surface area contributed by atoms with Crippen LogP contribution in [-0.4, -0.2) is 51.7 Å². The maximum atomic E-state index is 5.77. The van der Waals surface area contributed by atoms with Gasteiger partial charge in [0.1, 0.15) is 0 Å². The van der Waals surface area contributed by atoms with Gasteiger partial charge >= 0.3 is 0 Å². The Bertz CT molecular complexity index is 171. The Morgan fingerprint density at radius 3 is 1.05 bits per heavy atom. The van der Waals surface area contributed by atoms with E-state index in [1.54, 1.807) is 0 Å². The van der Waals surface area contributed by atoms with Gasteiger partial charge in [-0.05, 0) is 34.6 Å². The summed E-state index contributed by atoms with van der Waals surface area (Å²) in [6.07, 6.45) is 0.917. The van der Waals surface area contributed by atoms with Gasteiger partial charge in [-0.3, -0.25) is 0 Å². The summed E-state index contributed by atoms with van der Waals surface area (Å²) in [6, 6.07) is 0. The molecule has 0 amide bonds. The topological polar surface area (TPSA) is 46.2 Å². The first-order chi connectivity index (χ1) is 9.71. The Morgan fingerprint density at radius 2 is 0.800 bits per heavy atom. The van der Waals surface area contributed by atoms with Crippen molar-refractivity contribution >= 4 is 0 Å². The summed E-state index contributed by atoms with van der Waals surface area (Å²) >= 11 is 0. The summed E-state index contributed by atoms with van der Waals surface area (Å²) in [5.74, 6) is 0. The van der Waals surface area contributed by atoms with E-state index < -0.39 is 0 Å². The quantitative estimate of drug-likeness (QED) is 0.461. The molecule has 0 saturated carbocycles. The third-order valence-electron chi connectivity index (χ3n) is 2.72. The van der Waals surface area contributed by atoms with E-state index in [0.29, 0.717) is 45.9 Å². The molecule has 0 fully saturated rings. The van der Waals surface area contributed by atoms with Crippen LogP contribution in [0.4, 0.5) is 0 Å². The van der Waals surface area contributed by atoms with Crippen LogP contribution in [0.3, 0.4) is 0 Å². The Labute approximate surface area is 123 Å². The summed E-state index contributed by atoms with van der Waals surface area (Å²) in [4.78, 5) is 0. The summed E-state index contributed by atoms with van der Waals surface area (Å²) in [7, 11) is 0. The first-order valence-corrected chi connectivity index (χ1v) is 7.79. The molecule has 0 unspecified atom stereocenters. The molecule has 0 N–H and O–H groups in total. The molecule has 0 atom stereocenters. The zero-order chi connectivity index (χ0) is 15.2. The molecular weight excluding hydrogens is 260 g/mol. The highest BCUT2D eigenvalue weighted by Crippen LogP contribution is 2.16. The molecule has 0 radical (unpaired) electrons. The van der Waals surface area contributed by atoms with Gasteiger partial charge in [0, 0.05) is 45.9 Å². The van der Waals surface area contributed by atoms with Crippen LogP contribution >= 0.6 is 0 Å². The fourth-order valence-electron chi connectivity index (χ4n) is 2.01. The van der Waals surface area contributed by atoms with Crippen molar-refractivity contribution in [3.05, 3.63) is 0 Å². The zero-order valence-corrected chi connectivity index (χ0v) is 13.7. The van der Waals surface area contributed by atoms with Gasteiger partial charge in [0.05, 0.1) is 6.10 Å². The lowest BCUT2D eigenvalue weighted by molar-refractivity contribution is -0.182. The maximum Gasteiger partial charge on any atom is 0.160 e. The van der Waals surface area contributed by atoms with Crippen molar-refractivity contribution in [1.29, 1.82) is 0 Å². The predicted molar refractivity (Wildman–Crippen MR) is 78.7 cm³/mol. The van der Waals surface area contributed by atoms with Gasteiger partial charge in [0.15, 0.2) is 12.6 Å². The van der Waals surface area contributed by atoms with E-state index in [2.05, 4.69) is 0 Å². The van der Waals surface area contributed by atoms with Crippen molar-refractivity contribution in [3.63, 3.8) is 0 Å². The van der Waals surface area contributed by atoms with Crippen LogP contribution in [0.25, 0.3) is 0 Å². The molecule has 0 aliphatic carbocycles. The van der Waals surface area contributed by atoms with Crippen LogP contribution < -0.4 is 0 Å². The lowest BCUT2D eigenvalue weighted by Crippen LogP contribution is -2.31. The van der Waals surface area contributed by atoms with Crippen molar-refractivity contribution in [1.82, 2.24) is 0 Å². The van der Waals surface area contributed by atoms with E-state index in [4.69, 9.17) is 23.7 Å². The van der Waals surface area contributed by atoms with Gasteiger partial charge in [-0.1, -0.05) is 0 Å². The maximum absolute atomic E-state index is 5.77. The minimum absolute atomic E-state index is 0.00574. The van der Waals surface area contributed by atoms with Crippen molar-refractivity contribution in [2.24, 2.45) is 0 Å². The van der Waals surface area contributed by atoms with E-state index in [9.17, 15) is 0 Å². The summed E-state index contributed by atoms with van der Waals surface area (Å²) in [5, 5.41) is 0. The molecule has 0 aliphatic heterocycles. The highest BCUT2D eigenvalue weighted by molar-refractivity contribution is 4.64. The second-order valence-electron chi connectivity index (χ2n) is 4.23. The van der Waals surface area contributed by atoms with Gasteiger partial charge in [0.2, 0.25) is 0 Å². The first-order valence-electron chi connectivity index (χ1n) is 7.79. The molecule has 20 heavy (non-hydrogen) atoms. The molecule has 0 saturated heterocycles. The van der Waals surface area contributed by atoms with E-state index in [0.717, 1.165) is 0 Å². The Morgan fingerprint density at radius 1 is 0.500 bits per heavy atom. The standard InChI is InChI=1S/C15H32O5/c1-6-16-13(11-14(17-7-2)18-8-3)12-15(19-9-4)20-10-5/h13-15H,6-12H2,1-5H3. The SMILES string of the molecule is CCOC(CC(OCC)OCC)CC(OCC)OCC. The minimum atomic E-state index is -0.231. The molecule has 0 heterocycles. The van der Waals surface area contributed by atoms with Gasteiger partial charge in [0.25, 0.3) is 0 Å². The van der Waals surface area contributed by atoms with E-state index in [-0.39, 0.29) is 18.7 Å². The molecule has 0 aliphatic rings. The molecule has 0 aromatic heterocycles. The first kappa shape index (κ1) is 19.8. The molecule has 0 aromatic rings. The zero-order valence-electron chi connectivity index (χ0n) is 13.7. The van der Waals surface area contributed by atoms with Crippen LogP contribution in [0.15, 0.2) is 0 Å². The third kappa shape index (κ3) is 9.66. The van der Waals surface area contributed by atoms with E-state index >= 15 is 0 Å². The van der Waals surface area contributed by atoms with Crippen molar-refractivity contribution in [2.45, 2.75) is 66.1 Å². The molecule has 0 spiro atoms. The number of hydrogen-bond donors (Lipinski definition) is 0. The highest BCUT2D eigenvalue weighted by atomic mass is 16.7. The summed E-state index contributed by atoms with van der Waals surface area (Å²) in [5.41, 5.74) is 0. The average molecular weight is 292 g/mol. The molecule has 5 heteroatoms. The van der Waals surface area contributed by atoms with Gasteiger partial charge in [-0.25, -0.2) is 0 Å². The third-order valence-corrected chi connectivity index (χ3v) is 2.72. The van der Waals surface area contributed by atoms with Crippen LogP contribution in [-0.2, 0) is 23.7 Å². The van der Waals surface area contributed by atoms with E-state index in [1.807, 2.05) is 34.6 Å². The van der Waals surface area contributed by atoms with Gasteiger partial charge in [-0.15, -0.1) is 0 Å². The second kappa shape index (κ2) is 13.8. The second-order valence-corrected chi connectivity index (χ2v) is 4.23. The van der Waals surface area contributed by atoms with Crippen LogP contribution in [0, 0.1) is 0 Å². The largest absolute Gasteiger partial charge is 0.378 e. The average Bonchev–Trinajstić information content (AvgIpc) is 2.40. The lowest BCUT2D eigenvalue weighted by atomic mass is 10.1. The Balaban J connectivity index is 4.41. The number of rotatable bonds is 14. The Kier molecular flexibility index (Phi) is 13.6. The van der Waals surface area contributed by atoms with Gasteiger partial charge in [-0.2, -0.15) is 0 Å². The van der Waals surface area contributed by atoms with Crippen molar-refractivity contribution < 1.29 is 23.7 Å². The summed E-state index contributed by atoms with van der Waals surface area (Å²) in [6.45, 7) is 13.0. The van der Waals surface area contributed by atoms with Crippen molar-refractivity contribution in [3.8, 4) is 0 Å². The molecule has 0 aromatic carbocycles. The summed E-state index contributed by atoms with van der Waals surface area (Å²) < 4.78 is 28.1. The fourth-order valence-corrected chi connectivity index (χ4v) is 2.01. The lowest BCUT2D eigenvalue weighted by Gasteiger charge is -2.26. The van der Waals surface area contributed by atoms with Crippen LogP contribution in [0.2, 0.25) is 0 Å². The molecule has 0 rings (SSSR count). The molecular formula is C15H32O5. The molecule has 5 nitrogen and oxygen atoms in total. The van der Waals surface area contributed by atoms with Crippen molar-refractivity contribution in [2.75, 3.05) is 33.0 Å². The van der Waals surface area contributed by atoms with Crippen LogP contribution in [0.1, 0.15) is 47.5 Å². The predicted octanol–water partition coefficient (Wildman–Crippen LogP) is 2.97. The smallest absolute Gasteiger partial charge is 0.160 e. The molecule has 122 valence electrons. The van der Waals surface area contributed by atoms with Crippen LogP contribution in [0.5, 0.6) is 0 Å². The highest BCUT2D eigenvalue weighted by Gasteiger charge is 2.22. The molecule has 0 bridgehead atoms. The van der Waals surface area contributed by atoms with Gasteiger partial charge < -0.3 is 23.7 Å². The minimum Gasteiger partial charge on any atom is -0.378 e. The fraction of sp³-hybridized carbons (Fsp3) is 1.00. The normalized spacial score (nSPS) is 12.0. The Hall–Kier alpha value is -0.200. The number of ether oxygens (including phenoxy) is 5. The monoisotopic (exact) mass is 292 g/mol.